The van der Waals surface area contributed by atoms with E-state index in [1.165, 1.54) is 11.4 Å². The molecule has 0 aromatic rings. The van der Waals surface area contributed by atoms with Gasteiger partial charge in [0.05, 0.1) is 12.2 Å². The van der Waals surface area contributed by atoms with Gasteiger partial charge in [0, 0.05) is 13.1 Å². The Kier molecular flexibility index (Phi) is 5.82. The summed E-state index contributed by atoms with van der Waals surface area (Å²) in [4.78, 5) is 10.3. The Morgan fingerprint density at radius 3 is 2.13 bits per heavy atom. The molecule has 0 aliphatic rings. The van der Waals surface area contributed by atoms with Crippen molar-refractivity contribution in [2.75, 3.05) is 12.8 Å². The van der Waals surface area contributed by atoms with Gasteiger partial charge in [-0.1, -0.05) is 13.8 Å². The molecule has 0 rings (SSSR count). The predicted molar refractivity (Wildman–Crippen MR) is 58.2 cm³/mol. The van der Waals surface area contributed by atoms with E-state index >= 15 is 0 Å². The second-order valence-electron chi connectivity index (χ2n) is 3.45. The minimum atomic E-state index is -3.43. The van der Waals surface area contributed by atoms with Crippen LogP contribution in [0.3, 0.4) is 0 Å². The zero-order valence-corrected chi connectivity index (χ0v) is 10.2. The van der Waals surface area contributed by atoms with Crippen LogP contribution in [0.15, 0.2) is 0 Å². The summed E-state index contributed by atoms with van der Waals surface area (Å²) in [6.07, 6.45) is 1.13. The van der Waals surface area contributed by atoms with Crippen molar-refractivity contribution in [3.63, 3.8) is 0 Å². The van der Waals surface area contributed by atoms with Crippen LogP contribution >= 0.6 is 0 Å². The summed E-state index contributed by atoms with van der Waals surface area (Å²) in [5.74, 6) is -1.41. The van der Waals surface area contributed by atoms with Gasteiger partial charge in [0.25, 0.3) is 0 Å². The maximum Gasteiger partial charge on any atom is 0.304 e. The molecule has 0 aliphatic heterocycles. The fourth-order valence-electron chi connectivity index (χ4n) is 1.39. The largest absolute Gasteiger partial charge is 0.481 e. The van der Waals surface area contributed by atoms with Crippen molar-refractivity contribution in [1.82, 2.24) is 4.31 Å². The maximum atomic E-state index is 11.7. The molecule has 0 saturated carbocycles. The lowest BCUT2D eigenvalue weighted by atomic mass is 10.2. The summed E-state index contributed by atoms with van der Waals surface area (Å²) in [6.45, 7) is 3.83. The van der Waals surface area contributed by atoms with Gasteiger partial charge in [-0.3, -0.25) is 4.79 Å². The van der Waals surface area contributed by atoms with Gasteiger partial charge in [-0.25, -0.2) is 12.7 Å². The minimum absolute atomic E-state index is 0.0382. The molecule has 0 spiro atoms. The van der Waals surface area contributed by atoms with E-state index in [1.54, 1.807) is 0 Å². The van der Waals surface area contributed by atoms with Crippen molar-refractivity contribution in [1.29, 1.82) is 0 Å². The first-order valence-corrected chi connectivity index (χ1v) is 6.63. The molecule has 5 nitrogen and oxygen atoms in total. The van der Waals surface area contributed by atoms with Gasteiger partial charge < -0.3 is 5.11 Å². The molecule has 6 heteroatoms. The number of rotatable bonds is 7. The SMILES string of the molecule is CCC(CC)N(C)S(=O)(=O)CCC(=O)O. The molecule has 0 bridgehead atoms. The van der Waals surface area contributed by atoms with Crippen molar-refractivity contribution in [2.24, 2.45) is 0 Å². The normalized spacial score (nSPS) is 12.3. The highest BCUT2D eigenvalue weighted by atomic mass is 32.2. The molecular formula is C9H19NO4S. The van der Waals surface area contributed by atoms with Crippen LogP contribution in [0.4, 0.5) is 0 Å². The van der Waals surface area contributed by atoms with Crippen LogP contribution in [0.25, 0.3) is 0 Å². The summed E-state index contributed by atoms with van der Waals surface area (Å²) in [5, 5.41) is 8.43. The molecule has 90 valence electrons. The minimum Gasteiger partial charge on any atom is -0.481 e. The molecule has 0 saturated heterocycles. The molecule has 0 radical (unpaired) electrons. The number of hydrogen-bond acceptors (Lipinski definition) is 3. The molecule has 0 aromatic heterocycles. The zero-order chi connectivity index (χ0) is 12.1. The molecule has 0 unspecified atom stereocenters. The number of aliphatic carboxylic acids is 1. The van der Waals surface area contributed by atoms with Gasteiger partial charge in [0.1, 0.15) is 0 Å². The lowest BCUT2D eigenvalue weighted by molar-refractivity contribution is -0.136. The predicted octanol–water partition coefficient (Wildman–Crippen LogP) is 0.911. The van der Waals surface area contributed by atoms with Crippen LogP contribution in [0.5, 0.6) is 0 Å². The molecule has 0 aromatic carbocycles. The number of carboxylic acids is 1. The van der Waals surface area contributed by atoms with E-state index in [9.17, 15) is 13.2 Å². The Balaban J connectivity index is 4.50. The molecule has 0 aliphatic carbocycles. The van der Waals surface area contributed by atoms with Gasteiger partial charge in [0.2, 0.25) is 10.0 Å². The number of carbonyl (C=O) groups is 1. The summed E-state index contributed by atoms with van der Waals surface area (Å²) in [6, 6.07) is -0.0382. The monoisotopic (exact) mass is 237 g/mol. The average Bonchev–Trinajstić information content (AvgIpc) is 2.16. The van der Waals surface area contributed by atoms with Crippen LogP contribution in [0.1, 0.15) is 33.1 Å². The van der Waals surface area contributed by atoms with E-state index in [1.807, 2.05) is 13.8 Å². The van der Waals surface area contributed by atoms with E-state index in [-0.39, 0.29) is 18.2 Å². The second-order valence-corrected chi connectivity index (χ2v) is 5.59. The van der Waals surface area contributed by atoms with Gasteiger partial charge in [-0.15, -0.1) is 0 Å². The molecule has 0 fully saturated rings. The van der Waals surface area contributed by atoms with Crippen LogP contribution in [-0.2, 0) is 14.8 Å². The van der Waals surface area contributed by atoms with Gasteiger partial charge in [-0.2, -0.15) is 0 Å². The third kappa shape index (κ3) is 4.61. The number of carboxylic acid groups (broad SMARTS) is 1. The van der Waals surface area contributed by atoms with Crippen LogP contribution in [0.2, 0.25) is 0 Å². The number of nitrogens with zero attached hydrogens (tertiary/aromatic N) is 1. The molecule has 0 heterocycles. The highest BCUT2D eigenvalue weighted by molar-refractivity contribution is 7.89. The third-order valence-corrected chi connectivity index (χ3v) is 4.37. The Labute approximate surface area is 91.1 Å². The summed E-state index contributed by atoms with van der Waals surface area (Å²) in [5.41, 5.74) is 0. The Morgan fingerprint density at radius 1 is 1.33 bits per heavy atom. The lowest BCUT2D eigenvalue weighted by Crippen LogP contribution is -2.38. The van der Waals surface area contributed by atoms with Crippen LogP contribution < -0.4 is 0 Å². The molecular weight excluding hydrogens is 218 g/mol. The third-order valence-electron chi connectivity index (χ3n) is 2.47. The van der Waals surface area contributed by atoms with Crippen molar-refractivity contribution in [3.05, 3.63) is 0 Å². The van der Waals surface area contributed by atoms with Crippen molar-refractivity contribution in [3.8, 4) is 0 Å². The summed E-state index contributed by atoms with van der Waals surface area (Å²) in [7, 11) is -1.92. The van der Waals surface area contributed by atoms with E-state index in [4.69, 9.17) is 5.11 Å². The highest BCUT2D eigenvalue weighted by Gasteiger charge is 2.24. The Bertz CT molecular complexity index is 295. The molecule has 15 heavy (non-hydrogen) atoms. The molecule has 0 atom stereocenters. The first kappa shape index (κ1) is 14.4. The van der Waals surface area contributed by atoms with Crippen molar-refractivity contribution >= 4 is 16.0 Å². The van der Waals surface area contributed by atoms with Crippen molar-refractivity contribution < 1.29 is 18.3 Å². The maximum absolute atomic E-state index is 11.7. The van der Waals surface area contributed by atoms with Gasteiger partial charge in [-0.05, 0) is 12.8 Å². The Morgan fingerprint density at radius 2 is 1.80 bits per heavy atom. The lowest BCUT2D eigenvalue weighted by Gasteiger charge is -2.25. The van der Waals surface area contributed by atoms with Crippen LogP contribution in [-0.4, -0.2) is 42.6 Å². The molecule has 0 amide bonds. The fraction of sp³-hybridized carbons (Fsp3) is 0.889. The fourth-order valence-corrected chi connectivity index (χ4v) is 2.86. The highest BCUT2D eigenvalue weighted by Crippen LogP contribution is 2.12. The molecule has 1 N–H and O–H groups in total. The summed E-state index contributed by atoms with van der Waals surface area (Å²) < 4.78 is 24.6. The number of hydrogen-bond donors (Lipinski definition) is 1. The smallest absolute Gasteiger partial charge is 0.304 e. The number of sulfonamides is 1. The summed E-state index contributed by atoms with van der Waals surface area (Å²) >= 11 is 0. The van der Waals surface area contributed by atoms with E-state index in [0.717, 1.165) is 12.8 Å². The Hall–Kier alpha value is -0.620. The zero-order valence-electron chi connectivity index (χ0n) is 9.43. The van der Waals surface area contributed by atoms with Crippen LogP contribution in [0, 0.1) is 0 Å². The average molecular weight is 237 g/mol. The van der Waals surface area contributed by atoms with Crippen molar-refractivity contribution in [2.45, 2.75) is 39.2 Å². The topological polar surface area (TPSA) is 74.7 Å². The standard InChI is InChI=1S/C9H19NO4S/c1-4-8(5-2)10(3)15(13,14)7-6-9(11)12/h8H,4-7H2,1-3H3,(H,11,12). The van der Waals surface area contributed by atoms with E-state index in [0.29, 0.717) is 0 Å². The van der Waals surface area contributed by atoms with Gasteiger partial charge in [0.15, 0.2) is 0 Å². The first-order valence-electron chi connectivity index (χ1n) is 5.02. The van der Waals surface area contributed by atoms with E-state index in [2.05, 4.69) is 0 Å². The van der Waals surface area contributed by atoms with Gasteiger partial charge >= 0.3 is 5.97 Å². The first-order chi connectivity index (χ1) is 6.85. The van der Waals surface area contributed by atoms with E-state index < -0.39 is 16.0 Å². The quantitative estimate of drug-likeness (QED) is 0.714. The second kappa shape index (κ2) is 6.07.